The maximum Gasteiger partial charge on any atom is 0.324 e. The second-order valence-corrected chi connectivity index (χ2v) is 5.10. The van der Waals surface area contributed by atoms with Gasteiger partial charge in [0.1, 0.15) is 11.1 Å². The van der Waals surface area contributed by atoms with E-state index < -0.39 is 5.38 Å². The van der Waals surface area contributed by atoms with Gasteiger partial charge in [0.05, 0.1) is 12.7 Å². The molecule has 1 atom stereocenters. The predicted molar refractivity (Wildman–Crippen MR) is 76.8 cm³/mol. The summed E-state index contributed by atoms with van der Waals surface area (Å²) in [5, 5.41) is -0.577. The van der Waals surface area contributed by atoms with Crippen molar-refractivity contribution in [1.82, 2.24) is 0 Å². The molecule has 0 heterocycles. The van der Waals surface area contributed by atoms with Gasteiger partial charge in [-0.25, -0.2) is 0 Å². The fraction of sp³-hybridized carbons (Fsp3) is 0.533. The third-order valence-electron chi connectivity index (χ3n) is 2.52. The Morgan fingerprint density at radius 2 is 1.89 bits per heavy atom. The van der Waals surface area contributed by atoms with E-state index in [9.17, 15) is 4.79 Å². The number of hydrogen-bond acceptors (Lipinski definition) is 3. The van der Waals surface area contributed by atoms with Gasteiger partial charge in [-0.3, -0.25) is 4.79 Å². The van der Waals surface area contributed by atoms with Crippen molar-refractivity contribution in [1.29, 1.82) is 0 Å². The van der Waals surface area contributed by atoms with Gasteiger partial charge in [-0.1, -0.05) is 12.1 Å². The molecule has 3 nitrogen and oxygen atoms in total. The van der Waals surface area contributed by atoms with Crippen molar-refractivity contribution in [3.05, 3.63) is 29.8 Å². The van der Waals surface area contributed by atoms with Crippen molar-refractivity contribution in [3.63, 3.8) is 0 Å². The molecule has 106 valence electrons. The summed E-state index contributed by atoms with van der Waals surface area (Å²) in [6, 6.07) is 7.85. The Bertz CT molecular complexity index is 387. The lowest BCUT2D eigenvalue weighted by molar-refractivity contribution is -0.142. The Labute approximate surface area is 119 Å². The zero-order chi connectivity index (χ0) is 14.3. The fourth-order valence-electron chi connectivity index (χ4n) is 1.65. The molecule has 19 heavy (non-hydrogen) atoms. The van der Waals surface area contributed by atoms with Crippen LogP contribution in [0.1, 0.15) is 32.8 Å². The van der Waals surface area contributed by atoms with Crippen LogP contribution in [0.5, 0.6) is 5.75 Å². The Morgan fingerprint density at radius 1 is 1.26 bits per heavy atom. The van der Waals surface area contributed by atoms with Gasteiger partial charge in [-0.2, -0.15) is 0 Å². The van der Waals surface area contributed by atoms with E-state index >= 15 is 0 Å². The number of alkyl halides is 1. The van der Waals surface area contributed by atoms with Crippen LogP contribution >= 0.6 is 11.6 Å². The average molecular weight is 285 g/mol. The predicted octanol–water partition coefficient (Wildman–Crippen LogP) is 3.58. The number of carbonyl (C=O) groups excluding carboxylic acids is 1. The monoisotopic (exact) mass is 284 g/mol. The van der Waals surface area contributed by atoms with Gasteiger partial charge in [0, 0.05) is 0 Å². The van der Waals surface area contributed by atoms with E-state index in [-0.39, 0.29) is 12.1 Å². The molecule has 0 saturated carbocycles. The molecule has 1 aromatic carbocycles. The summed E-state index contributed by atoms with van der Waals surface area (Å²) in [5.74, 6) is 0.510. The quantitative estimate of drug-likeness (QED) is 0.567. The van der Waals surface area contributed by atoms with Gasteiger partial charge in [0.15, 0.2) is 0 Å². The van der Waals surface area contributed by atoms with Crippen LogP contribution in [0.15, 0.2) is 24.3 Å². The topological polar surface area (TPSA) is 35.5 Å². The molecule has 0 aliphatic rings. The summed E-state index contributed by atoms with van der Waals surface area (Å²) in [7, 11) is 0. The molecule has 4 heteroatoms. The van der Waals surface area contributed by atoms with Crippen molar-refractivity contribution >= 4 is 17.6 Å². The van der Waals surface area contributed by atoms with Crippen molar-refractivity contribution in [2.45, 2.75) is 45.1 Å². The van der Waals surface area contributed by atoms with Crippen molar-refractivity contribution < 1.29 is 14.3 Å². The molecule has 1 rings (SSSR count). The number of ether oxygens (including phenoxy) is 2. The minimum absolute atomic E-state index is 0.168. The number of hydrogen-bond donors (Lipinski definition) is 0. The number of esters is 1. The first-order valence-electron chi connectivity index (χ1n) is 6.59. The smallest absolute Gasteiger partial charge is 0.324 e. The Hall–Kier alpha value is -1.22. The fourth-order valence-corrected chi connectivity index (χ4v) is 1.82. The van der Waals surface area contributed by atoms with Gasteiger partial charge in [0.25, 0.3) is 0 Å². The third-order valence-corrected chi connectivity index (χ3v) is 2.92. The Kier molecular flexibility index (Phi) is 6.71. The lowest BCUT2D eigenvalue weighted by Crippen LogP contribution is -2.18. The van der Waals surface area contributed by atoms with Crippen LogP contribution < -0.4 is 4.74 Å². The van der Waals surface area contributed by atoms with Gasteiger partial charge in [0.2, 0.25) is 0 Å². The highest BCUT2D eigenvalue weighted by molar-refractivity contribution is 6.29. The molecule has 0 radical (unpaired) electrons. The number of halogens is 1. The van der Waals surface area contributed by atoms with Gasteiger partial charge >= 0.3 is 5.97 Å². The minimum Gasteiger partial charge on any atom is -0.491 e. The number of benzene rings is 1. The Balaban J connectivity index is 2.43. The van der Waals surface area contributed by atoms with E-state index in [1.165, 1.54) is 0 Å². The first-order chi connectivity index (χ1) is 9.02. The Morgan fingerprint density at radius 3 is 2.42 bits per heavy atom. The number of carbonyl (C=O) groups is 1. The summed E-state index contributed by atoms with van der Waals surface area (Å²) >= 11 is 5.96. The van der Waals surface area contributed by atoms with E-state index in [0.717, 1.165) is 17.7 Å². The lowest BCUT2D eigenvalue weighted by Gasteiger charge is -2.11. The van der Waals surface area contributed by atoms with Gasteiger partial charge < -0.3 is 9.47 Å². The standard InChI is InChI=1S/C15H21ClO3/c1-4-18-15(17)14(16)10-7-12-5-8-13(9-6-12)19-11(2)3/h5-6,8-9,11,14H,4,7,10H2,1-3H3/t14-/m0/s1. The molecule has 0 aliphatic heterocycles. The molecule has 0 unspecified atom stereocenters. The van der Waals surface area contributed by atoms with Crippen LogP contribution in [-0.2, 0) is 16.0 Å². The highest BCUT2D eigenvalue weighted by Crippen LogP contribution is 2.16. The number of aryl methyl sites for hydroxylation is 1. The molecule has 0 N–H and O–H groups in total. The summed E-state index contributed by atoms with van der Waals surface area (Å²) in [6.45, 7) is 6.12. The van der Waals surface area contributed by atoms with Crippen LogP contribution in [-0.4, -0.2) is 24.1 Å². The molecule has 0 aliphatic carbocycles. The zero-order valence-electron chi connectivity index (χ0n) is 11.7. The van der Waals surface area contributed by atoms with Crippen molar-refractivity contribution in [2.75, 3.05) is 6.61 Å². The molecule has 0 saturated heterocycles. The maximum atomic E-state index is 11.4. The molecular formula is C15H21ClO3. The first-order valence-corrected chi connectivity index (χ1v) is 7.03. The molecule has 0 amide bonds. The first kappa shape index (κ1) is 15.8. The highest BCUT2D eigenvalue weighted by Gasteiger charge is 2.15. The van der Waals surface area contributed by atoms with E-state index in [0.29, 0.717) is 13.0 Å². The van der Waals surface area contributed by atoms with Crippen LogP contribution in [0.2, 0.25) is 0 Å². The van der Waals surface area contributed by atoms with E-state index in [4.69, 9.17) is 21.1 Å². The molecule has 0 spiro atoms. The SMILES string of the molecule is CCOC(=O)[C@@H](Cl)CCc1ccc(OC(C)C)cc1. The third kappa shape index (κ3) is 5.97. The van der Waals surface area contributed by atoms with E-state index in [2.05, 4.69) is 0 Å². The van der Waals surface area contributed by atoms with E-state index in [1.807, 2.05) is 38.1 Å². The van der Waals surface area contributed by atoms with Gasteiger partial charge in [-0.15, -0.1) is 11.6 Å². The minimum atomic E-state index is -0.577. The van der Waals surface area contributed by atoms with Crippen LogP contribution in [0, 0.1) is 0 Å². The van der Waals surface area contributed by atoms with Crippen molar-refractivity contribution in [2.24, 2.45) is 0 Å². The lowest BCUT2D eigenvalue weighted by atomic mass is 10.1. The summed E-state index contributed by atoms with van der Waals surface area (Å²) in [5.41, 5.74) is 1.13. The maximum absolute atomic E-state index is 11.4. The second kappa shape index (κ2) is 8.05. The van der Waals surface area contributed by atoms with Crippen LogP contribution in [0.4, 0.5) is 0 Å². The average Bonchev–Trinajstić information content (AvgIpc) is 2.37. The van der Waals surface area contributed by atoms with Crippen LogP contribution in [0.25, 0.3) is 0 Å². The van der Waals surface area contributed by atoms with Crippen molar-refractivity contribution in [3.8, 4) is 5.75 Å². The molecular weight excluding hydrogens is 264 g/mol. The van der Waals surface area contributed by atoms with Gasteiger partial charge in [-0.05, 0) is 51.3 Å². The molecule has 0 bridgehead atoms. The molecule has 0 aromatic heterocycles. The summed E-state index contributed by atoms with van der Waals surface area (Å²) in [6.07, 6.45) is 1.49. The highest BCUT2D eigenvalue weighted by atomic mass is 35.5. The summed E-state index contributed by atoms with van der Waals surface area (Å²) in [4.78, 5) is 11.4. The summed E-state index contributed by atoms with van der Waals surface area (Å²) < 4.78 is 10.4. The number of rotatable bonds is 7. The largest absolute Gasteiger partial charge is 0.491 e. The second-order valence-electron chi connectivity index (χ2n) is 4.57. The van der Waals surface area contributed by atoms with E-state index in [1.54, 1.807) is 6.92 Å². The normalized spacial score (nSPS) is 12.3. The molecule has 1 aromatic rings. The molecule has 0 fully saturated rings. The zero-order valence-corrected chi connectivity index (χ0v) is 12.4. The van der Waals surface area contributed by atoms with Crippen LogP contribution in [0.3, 0.4) is 0 Å².